The van der Waals surface area contributed by atoms with Gasteiger partial charge in [0.1, 0.15) is 5.75 Å². The fourth-order valence-corrected chi connectivity index (χ4v) is 1.72. The molecule has 0 saturated carbocycles. The SMILES string of the molecule is COc1ccc(N/N=C(\C=N\O)C(=O)c2ccccc2)cc1. The molecule has 0 saturated heterocycles. The van der Waals surface area contributed by atoms with Crippen LogP contribution in [0, 0.1) is 0 Å². The van der Waals surface area contributed by atoms with Gasteiger partial charge in [0, 0.05) is 5.56 Å². The number of carbonyl (C=O) groups excluding carboxylic acids is 1. The Bertz CT molecular complexity index is 680. The van der Waals surface area contributed by atoms with Crippen molar-refractivity contribution in [2.75, 3.05) is 12.5 Å². The van der Waals surface area contributed by atoms with E-state index in [1.165, 1.54) is 0 Å². The van der Waals surface area contributed by atoms with Crippen LogP contribution in [0.3, 0.4) is 0 Å². The molecule has 2 N–H and O–H groups in total. The Labute approximate surface area is 127 Å². The second-order valence-corrected chi connectivity index (χ2v) is 4.28. The van der Waals surface area contributed by atoms with Crippen LogP contribution in [0.4, 0.5) is 5.69 Å². The van der Waals surface area contributed by atoms with Crippen molar-refractivity contribution in [3.63, 3.8) is 0 Å². The van der Waals surface area contributed by atoms with Gasteiger partial charge in [0.05, 0.1) is 19.0 Å². The Kier molecular flexibility index (Phi) is 5.25. The molecule has 112 valence electrons. The molecule has 0 amide bonds. The lowest BCUT2D eigenvalue weighted by atomic mass is 10.1. The van der Waals surface area contributed by atoms with E-state index in [0.717, 1.165) is 6.21 Å². The van der Waals surface area contributed by atoms with E-state index in [-0.39, 0.29) is 11.5 Å². The molecule has 22 heavy (non-hydrogen) atoms. The summed E-state index contributed by atoms with van der Waals surface area (Å²) in [6.07, 6.45) is 0.992. The summed E-state index contributed by atoms with van der Waals surface area (Å²) in [5.41, 5.74) is 3.86. The highest BCUT2D eigenvalue weighted by molar-refractivity contribution is 6.64. The topological polar surface area (TPSA) is 83.3 Å². The first-order chi connectivity index (χ1) is 10.7. The molecule has 6 heteroatoms. The number of oxime groups is 1. The van der Waals surface area contributed by atoms with Gasteiger partial charge in [0.15, 0.2) is 5.71 Å². The lowest BCUT2D eigenvalue weighted by Crippen LogP contribution is -2.17. The second-order valence-electron chi connectivity index (χ2n) is 4.28. The fourth-order valence-electron chi connectivity index (χ4n) is 1.72. The Morgan fingerprint density at radius 1 is 1.14 bits per heavy atom. The molecule has 0 aliphatic carbocycles. The number of anilines is 1. The van der Waals surface area contributed by atoms with E-state index in [1.54, 1.807) is 55.6 Å². The van der Waals surface area contributed by atoms with Crippen LogP contribution in [0.2, 0.25) is 0 Å². The normalized spacial score (nSPS) is 11.4. The number of methoxy groups -OCH3 is 1. The van der Waals surface area contributed by atoms with E-state index in [4.69, 9.17) is 9.94 Å². The van der Waals surface area contributed by atoms with Gasteiger partial charge in [-0.2, -0.15) is 5.10 Å². The summed E-state index contributed by atoms with van der Waals surface area (Å²) >= 11 is 0. The number of rotatable bonds is 6. The third kappa shape index (κ3) is 3.92. The van der Waals surface area contributed by atoms with Gasteiger partial charge in [0.25, 0.3) is 0 Å². The van der Waals surface area contributed by atoms with Gasteiger partial charge in [-0.05, 0) is 24.3 Å². The van der Waals surface area contributed by atoms with Gasteiger partial charge in [-0.15, -0.1) is 0 Å². The summed E-state index contributed by atoms with van der Waals surface area (Å²) in [4.78, 5) is 12.3. The molecule has 6 nitrogen and oxygen atoms in total. The predicted octanol–water partition coefficient (Wildman–Crippen LogP) is 2.81. The largest absolute Gasteiger partial charge is 0.497 e. The molecule has 0 atom stereocenters. The maximum absolute atomic E-state index is 12.3. The minimum absolute atomic E-state index is 0.00971. The highest BCUT2D eigenvalue weighted by atomic mass is 16.5. The number of hydrazone groups is 1. The van der Waals surface area contributed by atoms with Crippen LogP contribution in [-0.2, 0) is 0 Å². The van der Waals surface area contributed by atoms with E-state index < -0.39 is 0 Å². The number of ether oxygens (including phenoxy) is 1. The Morgan fingerprint density at radius 2 is 1.82 bits per heavy atom. The predicted molar refractivity (Wildman–Crippen MR) is 85.1 cm³/mol. The molecule has 0 unspecified atom stereocenters. The summed E-state index contributed by atoms with van der Waals surface area (Å²) in [6.45, 7) is 0. The van der Waals surface area contributed by atoms with Crippen LogP contribution in [0.1, 0.15) is 10.4 Å². The van der Waals surface area contributed by atoms with Gasteiger partial charge >= 0.3 is 0 Å². The molecule has 2 rings (SSSR count). The first-order valence-electron chi connectivity index (χ1n) is 6.49. The molecule has 0 radical (unpaired) electrons. The fraction of sp³-hybridized carbons (Fsp3) is 0.0625. The number of nitrogens with one attached hydrogen (secondary N) is 1. The van der Waals surface area contributed by atoms with Crippen molar-refractivity contribution in [1.29, 1.82) is 0 Å². The van der Waals surface area contributed by atoms with Crippen molar-refractivity contribution < 1.29 is 14.7 Å². The number of ketones is 1. The van der Waals surface area contributed by atoms with Crippen LogP contribution < -0.4 is 10.2 Å². The van der Waals surface area contributed by atoms with E-state index in [0.29, 0.717) is 17.0 Å². The summed E-state index contributed by atoms with van der Waals surface area (Å²) in [7, 11) is 1.58. The van der Waals surface area contributed by atoms with Crippen molar-refractivity contribution in [1.82, 2.24) is 0 Å². The van der Waals surface area contributed by atoms with E-state index in [9.17, 15) is 4.79 Å². The zero-order valence-corrected chi connectivity index (χ0v) is 11.9. The van der Waals surface area contributed by atoms with Gasteiger partial charge < -0.3 is 9.94 Å². The van der Waals surface area contributed by atoms with Gasteiger partial charge in [-0.1, -0.05) is 35.5 Å². The monoisotopic (exact) mass is 297 g/mol. The molecular formula is C16H15N3O3. The summed E-state index contributed by atoms with van der Waals surface area (Å²) in [6, 6.07) is 15.7. The Hall–Kier alpha value is -3.15. The molecule has 0 heterocycles. The van der Waals surface area contributed by atoms with Gasteiger partial charge in [-0.25, -0.2) is 0 Å². The lowest BCUT2D eigenvalue weighted by molar-refractivity contribution is 0.106. The number of Topliss-reactive ketones (excluding diaryl/α,β-unsaturated/α-hetero) is 1. The average molecular weight is 297 g/mol. The minimum Gasteiger partial charge on any atom is -0.497 e. The van der Waals surface area contributed by atoms with Crippen molar-refractivity contribution in [3.8, 4) is 5.75 Å². The molecule has 2 aromatic carbocycles. The Balaban J connectivity index is 2.18. The van der Waals surface area contributed by atoms with E-state index >= 15 is 0 Å². The third-order valence-electron chi connectivity index (χ3n) is 2.84. The van der Waals surface area contributed by atoms with E-state index in [2.05, 4.69) is 15.7 Å². The maximum atomic E-state index is 12.3. The van der Waals surface area contributed by atoms with E-state index in [1.807, 2.05) is 6.07 Å². The zero-order valence-electron chi connectivity index (χ0n) is 11.9. The third-order valence-corrected chi connectivity index (χ3v) is 2.84. The van der Waals surface area contributed by atoms with Gasteiger partial charge in [0.2, 0.25) is 5.78 Å². The summed E-state index contributed by atoms with van der Waals surface area (Å²) in [5, 5.41) is 15.6. The molecule has 2 aromatic rings. The zero-order chi connectivity index (χ0) is 15.8. The molecule has 0 fully saturated rings. The minimum atomic E-state index is -0.348. The highest BCUT2D eigenvalue weighted by Crippen LogP contribution is 2.15. The highest BCUT2D eigenvalue weighted by Gasteiger charge is 2.12. The van der Waals surface area contributed by atoms with Crippen LogP contribution in [-0.4, -0.2) is 30.0 Å². The van der Waals surface area contributed by atoms with Crippen molar-refractivity contribution in [2.24, 2.45) is 10.3 Å². The van der Waals surface area contributed by atoms with Crippen LogP contribution >= 0.6 is 0 Å². The average Bonchev–Trinajstić information content (AvgIpc) is 2.59. The molecule has 0 aliphatic heterocycles. The molecule has 0 aliphatic rings. The van der Waals surface area contributed by atoms with Crippen molar-refractivity contribution in [3.05, 3.63) is 60.2 Å². The number of nitrogens with zero attached hydrogens (tertiary/aromatic N) is 2. The molecule has 0 spiro atoms. The van der Waals surface area contributed by atoms with Crippen LogP contribution in [0.5, 0.6) is 5.75 Å². The molecular weight excluding hydrogens is 282 g/mol. The van der Waals surface area contributed by atoms with Gasteiger partial charge in [-0.3, -0.25) is 10.2 Å². The summed E-state index contributed by atoms with van der Waals surface area (Å²) in [5.74, 6) is 0.367. The molecule has 0 bridgehead atoms. The smallest absolute Gasteiger partial charge is 0.214 e. The van der Waals surface area contributed by atoms with Crippen LogP contribution in [0.25, 0.3) is 0 Å². The first kappa shape index (κ1) is 15.2. The number of benzene rings is 2. The van der Waals surface area contributed by atoms with Crippen molar-refractivity contribution >= 4 is 23.4 Å². The second kappa shape index (κ2) is 7.58. The number of hydrogen-bond donors (Lipinski definition) is 2. The standard InChI is InChI=1S/C16H15N3O3/c1-22-14-9-7-13(8-10-14)18-19-15(11-17-21)16(20)12-5-3-2-4-6-12/h2-11,18,21H,1H3/b17-11+,19-15+. The summed E-state index contributed by atoms with van der Waals surface area (Å²) < 4.78 is 5.06. The van der Waals surface area contributed by atoms with Crippen molar-refractivity contribution in [2.45, 2.75) is 0 Å². The lowest BCUT2D eigenvalue weighted by Gasteiger charge is -2.04. The number of hydrogen-bond acceptors (Lipinski definition) is 6. The molecule has 0 aromatic heterocycles. The first-order valence-corrected chi connectivity index (χ1v) is 6.49. The maximum Gasteiger partial charge on any atom is 0.214 e. The van der Waals surface area contributed by atoms with Crippen LogP contribution in [0.15, 0.2) is 64.9 Å². The Morgan fingerprint density at radius 3 is 2.41 bits per heavy atom. The quantitative estimate of drug-likeness (QED) is 0.372. The number of carbonyl (C=O) groups is 1.